The SMILES string of the molecule is NC(=S)Nc1ccccc1C(O)C(O)CCO. The number of benzene rings is 1. The molecule has 0 aliphatic carbocycles. The van der Waals surface area contributed by atoms with E-state index in [0.717, 1.165) is 0 Å². The summed E-state index contributed by atoms with van der Waals surface area (Å²) in [4.78, 5) is 0. The molecule has 0 aliphatic heterocycles. The number of para-hydroxylation sites is 1. The van der Waals surface area contributed by atoms with Crippen LogP contribution in [-0.4, -0.2) is 33.1 Å². The molecule has 0 spiro atoms. The quantitative estimate of drug-likeness (QED) is 0.480. The number of aliphatic hydroxyl groups is 3. The van der Waals surface area contributed by atoms with E-state index in [2.05, 4.69) is 5.32 Å². The average molecular weight is 256 g/mol. The van der Waals surface area contributed by atoms with Crippen molar-refractivity contribution in [3.63, 3.8) is 0 Å². The lowest BCUT2D eigenvalue weighted by Crippen LogP contribution is -2.24. The van der Waals surface area contributed by atoms with Gasteiger partial charge in [0, 0.05) is 17.9 Å². The molecule has 0 aliphatic rings. The standard InChI is InChI=1S/C11H16N2O3S/c12-11(17)13-8-4-2-1-3-7(8)10(16)9(15)5-6-14/h1-4,9-10,14-16H,5-6H2,(H3,12,13,17). The van der Waals surface area contributed by atoms with Crippen LogP contribution in [0.2, 0.25) is 0 Å². The van der Waals surface area contributed by atoms with Crippen molar-refractivity contribution in [3.05, 3.63) is 29.8 Å². The Morgan fingerprint density at radius 2 is 2.00 bits per heavy atom. The summed E-state index contributed by atoms with van der Waals surface area (Å²) in [5.41, 5.74) is 6.40. The summed E-state index contributed by atoms with van der Waals surface area (Å²) in [6, 6.07) is 6.85. The first-order valence-electron chi connectivity index (χ1n) is 5.18. The van der Waals surface area contributed by atoms with E-state index in [1.165, 1.54) is 0 Å². The first-order chi connectivity index (χ1) is 8.06. The van der Waals surface area contributed by atoms with Crippen molar-refractivity contribution in [1.82, 2.24) is 0 Å². The van der Waals surface area contributed by atoms with Gasteiger partial charge in [-0.25, -0.2) is 0 Å². The fourth-order valence-electron chi connectivity index (χ4n) is 1.50. The Morgan fingerprint density at radius 1 is 1.35 bits per heavy atom. The summed E-state index contributed by atoms with van der Waals surface area (Å²) in [5, 5.41) is 31.1. The molecule has 0 saturated heterocycles. The van der Waals surface area contributed by atoms with E-state index in [1.807, 2.05) is 0 Å². The second-order valence-electron chi connectivity index (χ2n) is 3.60. The summed E-state index contributed by atoms with van der Waals surface area (Å²) >= 11 is 4.72. The van der Waals surface area contributed by atoms with Crippen molar-refractivity contribution in [2.24, 2.45) is 5.73 Å². The Hall–Kier alpha value is -1.21. The zero-order valence-corrected chi connectivity index (χ0v) is 10.0. The third kappa shape index (κ3) is 3.94. The van der Waals surface area contributed by atoms with Gasteiger partial charge in [0.25, 0.3) is 0 Å². The van der Waals surface area contributed by atoms with Crippen molar-refractivity contribution < 1.29 is 15.3 Å². The number of aliphatic hydroxyl groups excluding tert-OH is 3. The number of hydrogen-bond donors (Lipinski definition) is 5. The summed E-state index contributed by atoms with van der Waals surface area (Å²) in [6.07, 6.45) is -2.03. The van der Waals surface area contributed by atoms with Gasteiger partial charge in [0.1, 0.15) is 6.10 Å². The molecule has 1 aromatic rings. The lowest BCUT2D eigenvalue weighted by molar-refractivity contribution is 0.00460. The van der Waals surface area contributed by atoms with Crippen LogP contribution in [0.5, 0.6) is 0 Å². The maximum Gasteiger partial charge on any atom is 0.168 e. The minimum atomic E-state index is -1.10. The predicted octanol–water partition coefficient (Wildman–Crippen LogP) is 0.119. The first-order valence-corrected chi connectivity index (χ1v) is 5.59. The molecule has 0 bridgehead atoms. The molecule has 0 radical (unpaired) electrons. The van der Waals surface area contributed by atoms with Gasteiger partial charge in [0.2, 0.25) is 0 Å². The smallest absolute Gasteiger partial charge is 0.168 e. The van der Waals surface area contributed by atoms with E-state index >= 15 is 0 Å². The molecule has 0 amide bonds. The highest BCUT2D eigenvalue weighted by molar-refractivity contribution is 7.80. The van der Waals surface area contributed by atoms with E-state index in [0.29, 0.717) is 11.3 Å². The highest BCUT2D eigenvalue weighted by Crippen LogP contribution is 2.26. The van der Waals surface area contributed by atoms with Gasteiger partial charge < -0.3 is 26.4 Å². The summed E-state index contributed by atoms with van der Waals surface area (Å²) < 4.78 is 0. The Kier molecular flexibility index (Phi) is 5.30. The number of thiocarbonyl (C=S) groups is 1. The lowest BCUT2D eigenvalue weighted by Gasteiger charge is -2.20. The van der Waals surface area contributed by atoms with Crippen molar-refractivity contribution in [3.8, 4) is 0 Å². The van der Waals surface area contributed by atoms with Gasteiger partial charge in [-0.05, 0) is 24.7 Å². The van der Waals surface area contributed by atoms with Gasteiger partial charge in [0.15, 0.2) is 5.11 Å². The summed E-state index contributed by atoms with van der Waals surface area (Å²) in [6.45, 7) is -0.191. The molecule has 6 heteroatoms. The van der Waals surface area contributed by atoms with E-state index in [-0.39, 0.29) is 18.1 Å². The van der Waals surface area contributed by atoms with Crippen molar-refractivity contribution in [2.75, 3.05) is 11.9 Å². The lowest BCUT2D eigenvalue weighted by atomic mass is 10.0. The third-order valence-electron chi connectivity index (χ3n) is 2.33. The van der Waals surface area contributed by atoms with Gasteiger partial charge in [-0.2, -0.15) is 0 Å². The molecule has 0 aromatic heterocycles. The molecule has 6 N–H and O–H groups in total. The first kappa shape index (κ1) is 13.9. The van der Waals surface area contributed by atoms with Crippen molar-refractivity contribution >= 4 is 23.0 Å². The molecule has 1 rings (SSSR count). The Morgan fingerprint density at radius 3 is 2.59 bits per heavy atom. The molecule has 0 fully saturated rings. The van der Waals surface area contributed by atoms with Gasteiger partial charge in [-0.15, -0.1) is 0 Å². The minimum absolute atomic E-state index is 0.0845. The fraction of sp³-hybridized carbons (Fsp3) is 0.364. The second kappa shape index (κ2) is 6.51. The summed E-state index contributed by atoms with van der Waals surface area (Å²) in [7, 11) is 0. The fourth-order valence-corrected chi connectivity index (χ4v) is 1.61. The average Bonchev–Trinajstić information content (AvgIpc) is 2.28. The number of rotatable bonds is 5. The van der Waals surface area contributed by atoms with E-state index < -0.39 is 12.2 Å². The highest BCUT2D eigenvalue weighted by Gasteiger charge is 2.20. The number of anilines is 1. The number of nitrogens with one attached hydrogen (secondary N) is 1. The van der Waals surface area contributed by atoms with Crippen LogP contribution in [0.1, 0.15) is 18.1 Å². The Bertz CT molecular complexity index is 387. The van der Waals surface area contributed by atoms with Gasteiger partial charge >= 0.3 is 0 Å². The molecule has 5 nitrogen and oxygen atoms in total. The Balaban J connectivity index is 2.91. The van der Waals surface area contributed by atoms with Crippen LogP contribution in [0.25, 0.3) is 0 Å². The van der Waals surface area contributed by atoms with Gasteiger partial charge in [-0.1, -0.05) is 18.2 Å². The van der Waals surface area contributed by atoms with Crippen LogP contribution in [0.15, 0.2) is 24.3 Å². The van der Waals surface area contributed by atoms with E-state index in [4.69, 9.17) is 23.1 Å². The second-order valence-corrected chi connectivity index (χ2v) is 4.04. The van der Waals surface area contributed by atoms with Crippen LogP contribution in [-0.2, 0) is 0 Å². The van der Waals surface area contributed by atoms with Crippen LogP contribution >= 0.6 is 12.2 Å². The molecule has 0 heterocycles. The molecular weight excluding hydrogens is 240 g/mol. The van der Waals surface area contributed by atoms with E-state index in [9.17, 15) is 10.2 Å². The molecule has 17 heavy (non-hydrogen) atoms. The zero-order chi connectivity index (χ0) is 12.8. The molecule has 1 aromatic carbocycles. The molecule has 2 unspecified atom stereocenters. The zero-order valence-electron chi connectivity index (χ0n) is 9.21. The largest absolute Gasteiger partial charge is 0.396 e. The summed E-state index contributed by atoms with van der Waals surface area (Å²) in [5.74, 6) is 0. The minimum Gasteiger partial charge on any atom is -0.396 e. The van der Waals surface area contributed by atoms with Crippen LogP contribution in [0.3, 0.4) is 0 Å². The van der Waals surface area contributed by atoms with Crippen LogP contribution < -0.4 is 11.1 Å². The maximum absolute atomic E-state index is 9.93. The molecule has 2 atom stereocenters. The number of nitrogens with two attached hydrogens (primary N) is 1. The molecule has 0 saturated carbocycles. The Labute approximate surface area is 105 Å². The topological polar surface area (TPSA) is 98.7 Å². The maximum atomic E-state index is 9.93. The molecule has 94 valence electrons. The van der Waals surface area contributed by atoms with Crippen LogP contribution in [0.4, 0.5) is 5.69 Å². The predicted molar refractivity (Wildman–Crippen MR) is 69.5 cm³/mol. The normalized spacial score (nSPS) is 14.1. The van der Waals surface area contributed by atoms with Crippen molar-refractivity contribution in [1.29, 1.82) is 0 Å². The van der Waals surface area contributed by atoms with E-state index in [1.54, 1.807) is 24.3 Å². The monoisotopic (exact) mass is 256 g/mol. The van der Waals surface area contributed by atoms with Crippen LogP contribution in [0, 0.1) is 0 Å². The van der Waals surface area contributed by atoms with Gasteiger partial charge in [0.05, 0.1) is 6.10 Å². The van der Waals surface area contributed by atoms with Gasteiger partial charge in [-0.3, -0.25) is 0 Å². The van der Waals surface area contributed by atoms with Crippen molar-refractivity contribution in [2.45, 2.75) is 18.6 Å². The number of hydrogen-bond acceptors (Lipinski definition) is 4. The third-order valence-corrected chi connectivity index (χ3v) is 2.43. The highest BCUT2D eigenvalue weighted by atomic mass is 32.1. The molecular formula is C11H16N2O3S.